The molecule has 0 radical (unpaired) electrons. The Morgan fingerprint density at radius 1 is 0.603 bits per heavy atom. The second-order valence-corrected chi connectivity index (χ2v) is 20.0. The van der Waals surface area contributed by atoms with E-state index in [9.17, 15) is 0 Å². The van der Waals surface area contributed by atoms with E-state index in [1.807, 2.05) is 12.1 Å². The van der Waals surface area contributed by atoms with Gasteiger partial charge in [0, 0.05) is 69.4 Å². The van der Waals surface area contributed by atoms with Crippen molar-refractivity contribution in [3.05, 3.63) is 131 Å². The van der Waals surface area contributed by atoms with E-state index in [0.717, 1.165) is 107 Å². The highest BCUT2D eigenvalue weighted by Crippen LogP contribution is 2.68. The van der Waals surface area contributed by atoms with Crippen molar-refractivity contribution in [1.29, 1.82) is 0 Å². The van der Waals surface area contributed by atoms with Gasteiger partial charge in [0.15, 0.2) is 5.60 Å². The van der Waals surface area contributed by atoms with Gasteiger partial charge in [-0.25, -0.2) is 0 Å². The summed E-state index contributed by atoms with van der Waals surface area (Å²) in [6, 6.07) is 37.5. The molecule has 7 heteroatoms. The van der Waals surface area contributed by atoms with Crippen LogP contribution in [0.4, 0.5) is 5.69 Å². The van der Waals surface area contributed by atoms with Gasteiger partial charge < -0.3 is 33.3 Å². The summed E-state index contributed by atoms with van der Waals surface area (Å²) in [6.07, 6.45) is 4.11. The Morgan fingerprint density at radius 2 is 1.22 bits per heavy atom. The standard InChI is InChI=1S/C56H61NO6/c1-35-28-46-51-50(42-12-10-11-13-47(42)55(51)33-53(2,3)32-54(4,5)34-55)44-30-43(41-23-22-40(59-7)29-48(41)60-8)49(61-9)31-45(44)52(46)63-56(35,37-16-20-39(58-6)21-17-37)36-14-18-38(19-15-36)57-24-26-62-27-25-57/h10-23,29-31,35H,24-28,32-34H2,1-9H3. The predicted octanol–water partition coefficient (Wildman–Crippen LogP) is 12.4. The van der Waals surface area contributed by atoms with E-state index in [1.54, 1.807) is 28.4 Å². The van der Waals surface area contributed by atoms with Crippen molar-refractivity contribution in [2.24, 2.45) is 16.7 Å². The van der Waals surface area contributed by atoms with Crippen LogP contribution in [0.2, 0.25) is 0 Å². The topological polar surface area (TPSA) is 58.6 Å². The average Bonchev–Trinajstić information content (AvgIpc) is 3.55. The maximum absolute atomic E-state index is 8.09. The summed E-state index contributed by atoms with van der Waals surface area (Å²) >= 11 is 0. The van der Waals surface area contributed by atoms with Crippen molar-refractivity contribution in [2.45, 2.75) is 71.3 Å². The number of benzene rings is 6. The molecule has 2 aliphatic carbocycles. The van der Waals surface area contributed by atoms with Crippen molar-refractivity contribution in [3.8, 4) is 51.0 Å². The summed E-state index contributed by atoms with van der Waals surface area (Å²) in [7, 11) is 6.89. The molecule has 4 aliphatic rings. The van der Waals surface area contributed by atoms with E-state index in [2.05, 4.69) is 131 Å². The fourth-order valence-corrected chi connectivity index (χ4v) is 12.9. The van der Waals surface area contributed by atoms with Crippen LogP contribution in [-0.4, -0.2) is 54.7 Å². The Labute approximate surface area is 373 Å². The van der Waals surface area contributed by atoms with Crippen LogP contribution in [0.1, 0.15) is 81.7 Å². The molecule has 0 N–H and O–H groups in total. The minimum Gasteiger partial charge on any atom is -0.497 e. The highest BCUT2D eigenvalue weighted by atomic mass is 16.5. The third kappa shape index (κ3) is 6.55. The third-order valence-corrected chi connectivity index (χ3v) is 14.7. The molecular weight excluding hydrogens is 783 g/mol. The molecule has 10 rings (SSSR count). The van der Waals surface area contributed by atoms with Gasteiger partial charge >= 0.3 is 0 Å². The largest absolute Gasteiger partial charge is 0.497 e. The molecule has 6 aromatic carbocycles. The van der Waals surface area contributed by atoms with Gasteiger partial charge in [-0.2, -0.15) is 0 Å². The zero-order valence-corrected chi connectivity index (χ0v) is 38.4. The van der Waals surface area contributed by atoms with Gasteiger partial charge in [0.05, 0.1) is 41.7 Å². The zero-order valence-electron chi connectivity index (χ0n) is 38.4. The maximum Gasteiger partial charge on any atom is 0.162 e. The lowest BCUT2D eigenvalue weighted by Crippen LogP contribution is -2.47. The average molecular weight is 844 g/mol. The molecule has 1 spiro atoms. The number of ether oxygens (including phenoxy) is 6. The maximum atomic E-state index is 8.09. The first-order chi connectivity index (χ1) is 30.3. The van der Waals surface area contributed by atoms with Crippen LogP contribution < -0.4 is 28.6 Å². The summed E-state index contributed by atoms with van der Waals surface area (Å²) < 4.78 is 37.6. The van der Waals surface area contributed by atoms with E-state index >= 15 is 0 Å². The third-order valence-electron chi connectivity index (χ3n) is 14.7. The quantitative estimate of drug-likeness (QED) is 0.151. The number of methoxy groups -OCH3 is 4. The Balaban J connectivity index is 1.29. The lowest BCUT2D eigenvalue weighted by Gasteiger charge is -2.53. The first-order valence-corrected chi connectivity index (χ1v) is 22.7. The molecule has 2 fully saturated rings. The van der Waals surface area contributed by atoms with Gasteiger partial charge in [0.25, 0.3) is 0 Å². The summed E-state index contributed by atoms with van der Waals surface area (Å²) in [6.45, 7) is 15.6. The summed E-state index contributed by atoms with van der Waals surface area (Å²) in [5.41, 5.74) is 11.4. The number of nitrogens with zero attached hydrogens (tertiary/aromatic N) is 1. The van der Waals surface area contributed by atoms with Crippen molar-refractivity contribution in [2.75, 3.05) is 59.6 Å². The van der Waals surface area contributed by atoms with Crippen molar-refractivity contribution >= 4 is 16.5 Å². The second-order valence-electron chi connectivity index (χ2n) is 20.0. The van der Waals surface area contributed by atoms with Crippen LogP contribution >= 0.6 is 0 Å². The van der Waals surface area contributed by atoms with Gasteiger partial charge in [0.2, 0.25) is 0 Å². The lowest BCUT2D eigenvalue weighted by molar-refractivity contribution is 0.0334. The highest BCUT2D eigenvalue weighted by molar-refractivity contribution is 6.09. The summed E-state index contributed by atoms with van der Waals surface area (Å²) in [4.78, 5) is 2.41. The molecule has 2 heterocycles. The second kappa shape index (κ2) is 15.3. The van der Waals surface area contributed by atoms with Crippen LogP contribution in [0.15, 0.2) is 103 Å². The van der Waals surface area contributed by atoms with E-state index in [1.165, 1.54) is 39.9 Å². The molecule has 1 saturated heterocycles. The Morgan fingerprint density at radius 3 is 1.87 bits per heavy atom. The first kappa shape index (κ1) is 41.4. The van der Waals surface area contributed by atoms with Gasteiger partial charge in [-0.3, -0.25) is 0 Å². The minimum absolute atomic E-state index is 0.0595. The molecule has 2 aliphatic heterocycles. The van der Waals surface area contributed by atoms with Crippen LogP contribution in [0.25, 0.3) is 33.0 Å². The zero-order chi connectivity index (χ0) is 43.9. The molecular formula is C56H61NO6. The molecule has 0 bridgehead atoms. The Kier molecular flexibility index (Phi) is 10.0. The first-order valence-electron chi connectivity index (χ1n) is 22.7. The van der Waals surface area contributed by atoms with Gasteiger partial charge in [-0.05, 0) is 113 Å². The van der Waals surface area contributed by atoms with Crippen LogP contribution in [0.5, 0.6) is 28.7 Å². The monoisotopic (exact) mass is 843 g/mol. The van der Waals surface area contributed by atoms with E-state index < -0.39 is 5.60 Å². The van der Waals surface area contributed by atoms with Crippen molar-refractivity contribution in [3.63, 3.8) is 0 Å². The molecule has 0 aromatic heterocycles. The fourth-order valence-electron chi connectivity index (χ4n) is 12.9. The SMILES string of the molecule is COc1ccc(C2(c3ccc(N4CCOCC4)cc3)Oc3c(c4c(c5cc(-c6ccc(OC)cc6OC)c(OC)cc35)-c3ccccc3C43CC(C)(C)CC(C)(C)C3)CC2C)cc1. The molecule has 326 valence electrons. The molecule has 2 atom stereocenters. The lowest BCUT2D eigenvalue weighted by atomic mass is 9.51. The van der Waals surface area contributed by atoms with E-state index in [4.69, 9.17) is 28.4 Å². The summed E-state index contributed by atoms with van der Waals surface area (Å²) in [5.74, 6) is 4.02. The van der Waals surface area contributed by atoms with Crippen LogP contribution in [-0.2, 0) is 22.2 Å². The van der Waals surface area contributed by atoms with Crippen molar-refractivity contribution < 1.29 is 28.4 Å². The van der Waals surface area contributed by atoms with Gasteiger partial charge in [-0.1, -0.05) is 83.1 Å². The van der Waals surface area contributed by atoms with Gasteiger partial charge in [-0.15, -0.1) is 0 Å². The van der Waals surface area contributed by atoms with Crippen LogP contribution in [0, 0.1) is 16.7 Å². The number of hydrogen-bond donors (Lipinski definition) is 0. The normalized spacial score (nSPS) is 21.5. The highest BCUT2D eigenvalue weighted by Gasteiger charge is 2.57. The fraction of sp³-hybridized carbons (Fsp3) is 0.393. The predicted molar refractivity (Wildman–Crippen MR) is 253 cm³/mol. The smallest absolute Gasteiger partial charge is 0.162 e. The van der Waals surface area contributed by atoms with Crippen LogP contribution in [0.3, 0.4) is 0 Å². The number of morpholine rings is 1. The van der Waals surface area contributed by atoms with Crippen molar-refractivity contribution in [1.82, 2.24) is 0 Å². The summed E-state index contributed by atoms with van der Waals surface area (Å²) in [5, 5.41) is 2.21. The molecule has 2 unspecified atom stereocenters. The number of hydrogen-bond acceptors (Lipinski definition) is 7. The molecule has 6 aromatic rings. The van der Waals surface area contributed by atoms with Gasteiger partial charge in [0.1, 0.15) is 28.7 Å². The molecule has 63 heavy (non-hydrogen) atoms. The number of rotatable bonds is 8. The molecule has 1 saturated carbocycles. The van der Waals surface area contributed by atoms with E-state index in [-0.39, 0.29) is 22.2 Å². The number of fused-ring (bicyclic) bond motifs is 10. The molecule has 7 nitrogen and oxygen atoms in total. The Bertz CT molecular complexity index is 2700. The Hall–Kier alpha value is -5.66. The minimum atomic E-state index is -0.821. The van der Waals surface area contributed by atoms with E-state index in [0.29, 0.717) is 0 Å². The molecule has 0 amide bonds. The number of anilines is 1.